The van der Waals surface area contributed by atoms with Gasteiger partial charge in [0.05, 0.1) is 12.7 Å². The molecule has 0 rings (SSSR count). The van der Waals surface area contributed by atoms with E-state index in [9.17, 15) is 0 Å². The lowest BCUT2D eigenvalue weighted by Crippen LogP contribution is -2.18. The first-order valence-electron chi connectivity index (χ1n) is 10.6. The second kappa shape index (κ2) is 21.3. The number of thioether (sulfide) groups is 1. The quantitative estimate of drug-likeness (QED) is 0.248. The minimum Gasteiger partial charge on any atom is -0.394 e. The van der Waals surface area contributed by atoms with Crippen LogP contribution in [0.15, 0.2) is 0 Å². The van der Waals surface area contributed by atoms with E-state index in [1.165, 1.54) is 102 Å². The number of rotatable bonds is 20. The van der Waals surface area contributed by atoms with Gasteiger partial charge in [0.15, 0.2) is 0 Å². The molecular weight excluding hydrogens is 316 g/mol. The summed E-state index contributed by atoms with van der Waals surface area (Å²) in [4.78, 5) is 0. The van der Waals surface area contributed by atoms with Gasteiger partial charge in [-0.05, 0) is 12.2 Å². The first-order valence-corrected chi connectivity index (χ1v) is 11.7. The fourth-order valence-electron chi connectivity index (χ4n) is 2.99. The van der Waals surface area contributed by atoms with E-state index in [-0.39, 0.29) is 12.7 Å². The molecule has 146 valence electrons. The second-order valence-electron chi connectivity index (χ2n) is 7.06. The van der Waals surface area contributed by atoms with Crippen molar-refractivity contribution in [1.29, 1.82) is 0 Å². The van der Waals surface area contributed by atoms with Crippen molar-refractivity contribution in [1.82, 2.24) is 0 Å². The molecular formula is C21H44O2S. The Kier molecular flexibility index (Phi) is 21.6. The van der Waals surface area contributed by atoms with Gasteiger partial charge in [-0.1, -0.05) is 96.8 Å². The van der Waals surface area contributed by atoms with Crippen LogP contribution in [0, 0.1) is 0 Å². The molecule has 1 unspecified atom stereocenters. The molecule has 0 aromatic rings. The Balaban J connectivity index is 3.03. The molecule has 0 spiro atoms. The fraction of sp³-hybridized carbons (Fsp3) is 1.00. The van der Waals surface area contributed by atoms with Crippen LogP contribution >= 0.6 is 11.8 Å². The molecule has 1 atom stereocenters. The van der Waals surface area contributed by atoms with Crippen LogP contribution in [-0.4, -0.2) is 36.4 Å². The summed E-state index contributed by atoms with van der Waals surface area (Å²) >= 11 is 1.91. The van der Waals surface area contributed by atoms with Crippen molar-refractivity contribution < 1.29 is 9.84 Å². The highest BCUT2D eigenvalue weighted by Crippen LogP contribution is 2.14. The topological polar surface area (TPSA) is 29.5 Å². The number of unbranched alkanes of at least 4 members (excludes halogenated alkanes) is 14. The Bertz CT molecular complexity index is 220. The van der Waals surface area contributed by atoms with Gasteiger partial charge in [0.1, 0.15) is 0 Å². The molecule has 0 bridgehead atoms. The number of ether oxygens (including phenoxy) is 1. The summed E-state index contributed by atoms with van der Waals surface area (Å²) in [6, 6.07) is 0. The maximum absolute atomic E-state index is 9.02. The van der Waals surface area contributed by atoms with Crippen LogP contribution in [0.1, 0.15) is 103 Å². The Morgan fingerprint density at radius 1 is 0.708 bits per heavy atom. The van der Waals surface area contributed by atoms with Crippen molar-refractivity contribution in [2.75, 3.05) is 25.2 Å². The summed E-state index contributed by atoms with van der Waals surface area (Å²) < 4.78 is 5.16. The molecule has 0 aliphatic heterocycles. The van der Waals surface area contributed by atoms with Crippen LogP contribution in [0.4, 0.5) is 0 Å². The van der Waals surface area contributed by atoms with E-state index < -0.39 is 0 Å². The molecule has 0 aliphatic rings. The zero-order chi connectivity index (χ0) is 17.7. The molecule has 0 amide bonds. The highest BCUT2D eigenvalue weighted by atomic mass is 32.2. The van der Waals surface area contributed by atoms with E-state index in [1.54, 1.807) is 7.11 Å². The van der Waals surface area contributed by atoms with Crippen molar-refractivity contribution in [3.8, 4) is 0 Å². The highest BCUT2D eigenvalue weighted by molar-refractivity contribution is 7.99. The number of hydrogen-bond donors (Lipinski definition) is 1. The standard InChI is InChI=1S/C21H44O2S/c1-3-4-5-6-7-8-9-10-11-12-13-14-15-16-17-18-24-20-21(19-22)23-2/h21-22H,3-20H2,1-2H3. The molecule has 1 N–H and O–H groups in total. The molecule has 0 aromatic heterocycles. The number of methoxy groups -OCH3 is 1. The van der Waals surface area contributed by atoms with Crippen molar-refractivity contribution in [3.63, 3.8) is 0 Å². The van der Waals surface area contributed by atoms with E-state index in [2.05, 4.69) is 6.92 Å². The van der Waals surface area contributed by atoms with Gasteiger partial charge >= 0.3 is 0 Å². The lowest BCUT2D eigenvalue weighted by atomic mass is 10.0. The summed E-state index contributed by atoms with van der Waals surface area (Å²) in [7, 11) is 1.68. The van der Waals surface area contributed by atoms with Crippen LogP contribution in [0.2, 0.25) is 0 Å². The largest absolute Gasteiger partial charge is 0.394 e. The summed E-state index contributed by atoms with van der Waals surface area (Å²) in [6.07, 6.45) is 21.3. The summed E-state index contributed by atoms with van der Waals surface area (Å²) in [5, 5.41) is 9.02. The average Bonchev–Trinajstić information content (AvgIpc) is 2.61. The van der Waals surface area contributed by atoms with Crippen molar-refractivity contribution >= 4 is 11.8 Å². The average molecular weight is 361 g/mol. The first-order chi connectivity index (χ1) is 11.8. The van der Waals surface area contributed by atoms with Crippen molar-refractivity contribution in [2.45, 2.75) is 109 Å². The fourth-order valence-corrected chi connectivity index (χ4v) is 4.06. The van der Waals surface area contributed by atoms with E-state index in [4.69, 9.17) is 9.84 Å². The van der Waals surface area contributed by atoms with Gasteiger partial charge in [-0.15, -0.1) is 0 Å². The minimum absolute atomic E-state index is 0.0198. The molecule has 24 heavy (non-hydrogen) atoms. The van der Waals surface area contributed by atoms with Crippen molar-refractivity contribution in [2.24, 2.45) is 0 Å². The number of hydrogen-bond acceptors (Lipinski definition) is 3. The summed E-state index contributed by atoms with van der Waals surface area (Å²) in [6.45, 7) is 2.43. The van der Waals surface area contributed by atoms with E-state index in [0.29, 0.717) is 0 Å². The van der Waals surface area contributed by atoms with Gasteiger partial charge in [-0.2, -0.15) is 11.8 Å². The summed E-state index contributed by atoms with van der Waals surface area (Å²) in [5.74, 6) is 2.13. The zero-order valence-corrected chi connectivity index (χ0v) is 17.4. The van der Waals surface area contributed by atoms with Gasteiger partial charge in [0.25, 0.3) is 0 Å². The maximum atomic E-state index is 9.02. The molecule has 2 nitrogen and oxygen atoms in total. The predicted octanol–water partition coefficient (Wildman–Crippen LogP) is 6.60. The SMILES string of the molecule is CCCCCCCCCCCCCCCCCSCC(CO)OC. The zero-order valence-electron chi connectivity index (χ0n) is 16.6. The van der Waals surface area contributed by atoms with E-state index in [1.807, 2.05) is 11.8 Å². The Hall–Kier alpha value is 0.270. The molecule has 0 radical (unpaired) electrons. The van der Waals surface area contributed by atoms with Crippen molar-refractivity contribution in [3.05, 3.63) is 0 Å². The second-order valence-corrected chi connectivity index (χ2v) is 8.21. The number of aliphatic hydroxyl groups is 1. The molecule has 0 saturated carbocycles. The van der Waals surface area contributed by atoms with Gasteiger partial charge in [0.2, 0.25) is 0 Å². The van der Waals surface area contributed by atoms with Crippen LogP contribution in [0.3, 0.4) is 0 Å². The highest BCUT2D eigenvalue weighted by Gasteiger charge is 2.04. The lowest BCUT2D eigenvalue weighted by Gasteiger charge is -2.11. The Labute approximate surface area is 156 Å². The van der Waals surface area contributed by atoms with Gasteiger partial charge in [0, 0.05) is 12.9 Å². The molecule has 3 heteroatoms. The Morgan fingerprint density at radius 3 is 1.50 bits per heavy atom. The monoisotopic (exact) mass is 360 g/mol. The molecule has 0 aliphatic carbocycles. The molecule has 0 fully saturated rings. The molecule has 0 heterocycles. The third-order valence-electron chi connectivity index (χ3n) is 4.73. The maximum Gasteiger partial charge on any atom is 0.0892 e. The van der Waals surface area contributed by atoms with Gasteiger partial charge < -0.3 is 9.84 Å². The summed E-state index contributed by atoms with van der Waals surface area (Å²) in [5.41, 5.74) is 0. The lowest BCUT2D eigenvalue weighted by molar-refractivity contribution is 0.0656. The third-order valence-corrected chi connectivity index (χ3v) is 5.92. The van der Waals surface area contributed by atoms with Crippen LogP contribution in [0.5, 0.6) is 0 Å². The predicted molar refractivity (Wildman–Crippen MR) is 110 cm³/mol. The van der Waals surface area contributed by atoms with E-state index >= 15 is 0 Å². The van der Waals surface area contributed by atoms with Gasteiger partial charge in [-0.25, -0.2) is 0 Å². The first kappa shape index (κ1) is 24.3. The van der Waals surface area contributed by atoms with Crippen LogP contribution < -0.4 is 0 Å². The minimum atomic E-state index is 0.0198. The molecule has 0 aromatic carbocycles. The van der Waals surface area contributed by atoms with Crippen LogP contribution in [0.25, 0.3) is 0 Å². The number of aliphatic hydroxyl groups excluding tert-OH is 1. The van der Waals surface area contributed by atoms with E-state index in [0.717, 1.165) is 5.75 Å². The van der Waals surface area contributed by atoms with Gasteiger partial charge in [-0.3, -0.25) is 0 Å². The Morgan fingerprint density at radius 2 is 1.12 bits per heavy atom. The normalized spacial score (nSPS) is 12.6. The smallest absolute Gasteiger partial charge is 0.0892 e. The molecule has 0 saturated heterocycles. The van der Waals surface area contributed by atoms with Crippen LogP contribution in [-0.2, 0) is 4.74 Å². The third kappa shape index (κ3) is 18.6.